The van der Waals surface area contributed by atoms with Crippen molar-refractivity contribution in [2.24, 2.45) is 0 Å². The molecule has 114 valence electrons. The third-order valence-electron chi connectivity index (χ3n) is 3.80. The van der Waals surface area contributed by atoms with E-state index in [4.69, 9.17) is 11.6 Å². The minimum atomic E-state index is 0.218. The van der Waals surface area contributed by atoms with E-state index in [1.165, 1.54) is 9.13 Å². The molecule has 0 saturated heterocycles. The lowest BCUT2D eigenvalue weighted by molar-refractivity contribution is 0.469. The Morgan fingerprint density at radius 2 is 2.14 bits per heavy atom. The summed E-state index contributed by atoms with van der Waals surface area (Å²) in [5, 5.41) is 8.84. The van der Waals surface area contributed by atoms with Crippen LogP contribution in [0.3, 0.4) is 0 Å². The summed E-state index contributed by atoms with van der Waals surface area (Å²) in [7, 11) is 1.98. The van der Waals surface area contributed by atoms with Crippen molar-refractivity contribution in [1.82, 2.24) is 15.1 Å². The van der Waals surface area contributed by atoms with Crippen LogP contribution in [0.15, 0.2) is 30.5 Å². The molecule has 2 atom stereocenters. The Morgan fingerprint density at radius 1 is 1.38 bits per heavy atom. The monoisotopic (exact) mass is 417 g/mol. The maximum absolute atomic E-state index is 6.13. The fourth-order valence-corrected chi connectivity index (χ4v) is 3.17. The van der Waals surface area contributed by atoms with Crippen LogP contribution in [0.1, 0.15) is 43.6 Å². The first-order valence-corrected chi connectivity index (χ1v) is 8.67. The first-order chi connectivity index (χ1) is 10.0. The second-order valence-corrected chi connectivity index (χ2v) is 6.85. The Bertz CT molecular complexity index is 597. The van der Waals surface area contributed by atoms with Gasteiger partial charge in [0, 0.05) is 33.3 Å². The largest absolute Gasteiger partial charge is 0.313 e. The molecule has 0 spiro atoms. The normalized spacial score (nSPS) is 14.1. The molecule has 0 aliphatic carbocycles. The Morgan fingerprint density at radius 3 is 2.81 bits per heavy atom. The zero-order chi connectivity index (χ0) is 15.4. The second kappa shape index (κ2) is 7.61. The maximum atomic E-state index is 6.13. The van der Waals surface area contributed by atoms with Crippen molar-refractivity contribution in [3.8, 4) is 0 Å². The van der Waals surface area contributed by atoms with Crippen LogP contribution < -0.4 is 5.32 Å². The average molecular weight is 418 g/mol. The lowest BCUT2D eigenvalue weighted by Crippen LogP contribution is -2.20. The molecule has 5 heteroatoms. The highest BCUT2D eigenvalue weighted by atomic mass is 127. The quantitative estimate of drug-likeness (QED) is 0.695. The zero-order valence-corrected chi connectivity index (χ0v) is 15.5. The molecule has 1 heterocycles. The SMILES string of the molecule is CCC(C)n1ccc(CC(NC)c2cc(Cl)ccc2I)n1. The smallest absolute Gasteiger partial charge is 0.0643 e. The molecular weight excluding hydrogens is 397 g/mol. The van der Waals surface area contributed by atoms with Crippen molar-refractivity contribution in [2.75, 3.05) is 7.05 Å². The molecule has 0 saturated carbocycles. The first-order valence-electron chi connectivity index (χ1n) is 7.21. The van der Waals surface area contributed by atoms with E-state index in [1.54, 1.807) is 0 Å². The van der Waals surface area contributed by atoms with Crippen LogP contribution in [0.4, 0.5) is 0 Å². The van der Waals surface area contributed by atoms with Gasteiger partial charge in [-0.15, -0.1) is 0 Å². The Balaban J connectivity index is 2.19. The second-order valence-electron chi connectivity index (χ2n) is 5.26. The van der Waals surface area contributed by atoms with Crippen LogP contribution in [0.25, 0.3) is 0 Å². The maximum Gasteiger partial charge on any atom is 0.0643 e. The number of aromatic nitrogens is 2. The van der Waals surface area contributed by atoms with Crippen LogP contribution in [-0.2, 0) is 6.42 Å². The number of hydrogen-bond donors (Lipinski definition) is 1. The number of hydrogen-bond acceptors (Lipinski definition) is 2. The topological polar surface area (TPSA) is 29.9 Å². The number of likely N-dealkylation sites (N-methyl/N-ethyl adjacent to an activating group) is 1. The standard InChI is InChI=1S/C16H21ClIN3/c1-4-11(2)21-8-7-13(20-21)10-16(19-3)14-9-12(17)5-6-15(14)18/h5-9,11,16,19H,4,10H2,1-3H3. The molecule has 0 aliphatic heterocycles. The molecule has 3 nitrogen and oxygen atoms in total. The van der Waals surface area contributed by atoms with E-state index in [2.05, 4.69) is 65.2 Å². The van der Waals surface area contributed by atoms with E-state index in [-0.39, 0.29) is 6.04 Å². The van der Waals surface area contributed by atoms with Crippen molar-refractivity contribution in [1.29, 1.82) is 0 Å². The molecule has 21 heavy (non-hydrogen) atoms. The molecule has 1 aromatic carbocycles. The van der Waals surface area contributed by atoms with Crippen LogP contribution in [-0.4, -0.2) is 16.8 Å². The van der Waals surface area contributed by atoms with Gasteiger partial charge in [-0.05, 0) is 72.8 Å². The summed E-state index contributed by atoms with van der Waals surface area (Å²) in [5.74, 6) is 0. The van der Waals surface area contributed by atoms with Gasteiger partial charge in [-0.25, -0.2) is 0 Å². The minimum Gasteiger partial charge on any atom is -0.313 e. The van der Waals surface area contributed by atoms with Crippen molar-refractivity contribution in [2.45, 2.75) is 38.8 Å². The van der Waals surface area contributed by atoms with Gasteiger partial charge in [-0.2, -0.15) is 5.10 Å². The van der Waals surface area contributed by atoms with Gasteiger partial charge in [0.2, 0.25) is 0 Å². The number of nitrogens with one attached hydrogen (secondary N) is 1. The van der Waals surface area contributed by atoms with Crippen LogP contribution in [0, 0.1) is 3.57 Å². The molecule has 1 N–H and O–H groups in total. The van der Waals surface area contributed by atoms with Crippen molar-refractivity contribution in [3.63, 3.8) is 0 Å². The summed E-state index contributed by atoms with van der Waals surface area (Å²) >= 11 is 8.49. The molecule has 0 amide bonds. The van der Waals surface area contributed by atoms with E-state index in [9.17, 15) is 0 Å². The van der Waals surface area contributed by atoms with Crippen LogP contribution in [0.2, 0.25) is 5.02 Å². The lowest BCUT2D eigenvalue weighted by atomic mass is 10.0. The fraction of sp³-hybridized carbons (Fsp3) is 0.438. The average Bonchev–Trinajstić information content (AvgIpc) is 2.95. The number of nitrogens with zero attached hydrogens (tertiary/aromatic N) is 2. The van der Waals surface area contributed by atoms with E-state index in [0.717, 1.165) is 23.6 Å². The summed E-state index contributed by atoms with van der Waals surface area (Å²) in [4.78, 5) is 0. The molecule has 1 aromatic heterocycles. The van der Waals surface area contributed by atoms with Crippen LogP contribution >= 0.6 is 34.2 Å². The fourth-order valence-electron chi connectivity index (χ4n) is 2.28. The summed E-state index contributed by atoms with van der Waals surface area (Å²) in [6.07, 6.45) is 4.01. The van der Waals surface area contributed by atoms with Gasteiger partial charge in [-0.3, -0.25) is 4.68 Å². The highest BCUT2D eigenvalue weighted by molar-refractivity contribution is 14.1. The summed E-state index contributed by atoms with van der Waals surface area (Å²) in [6, 6.07) is 8.79. The van der Waals surface area contributed by atoms with E-state index >= 15 is 0 Å². The van der Waals surface area contributed by atoms with Crippen LogP contribution in [0.5, 0.6) is 0 Å². The Hall–Kier alpha value is -0.590. The first kappa shape index (κ1) is 16.8. The van der Waals surface area contributed by atoms with Gasteiger partial charge in [0.15, 0.2) is 0 Å². The van der Waals surface area contributed by atoms with Gasteiger partial charge in [-0.1, -0.05) is 18.5 Å². The molecule has 0 radical (unpaired) electrons. The minimum absolute atomic E-state index is 0.218. The summed E-state index contributed by atoms with van der Waals surface area (Å²) in [5.41, 5.74) is 2.33. The lowest BCUT2D eigenvalue weighted by Gasteiger charge is -2.17. The number of rotatable bonds is 6. The van der Waals surface area contributed by atoms with Crippen molar-refractivity contribution in [3.05, 3.63) is 50.3 Å². The summed E-state index contributed by atoms with van der Waals surface area (Å²) < 4.78 is 3.27. The molecule has 2 aromatic rings. The molecule has 0 bridgehead atoms. The van der Waals surface area contributed by atoms with E-state index in [0.29, 0.717) is 6.04 Å². The predicted octanol–water partition coefficient (Wildman–Crippen LogP) is 4.62. The number of benzene rings is 1. The highest BCUT2D eigenvalue weighted by Gasteiger charge is 2.16. The molecular formula is C16H21ClIN3. The molecule has 0 fully saturated rings. The van der Waals surface area contributed by atoms with Gasteiger partial charge < -0.3 is 5.32 Å². The third kappa shape index (κ3) is 4.20. The number of halogens is 2. The van der Waals surface area contributed by atoms with Crippen molar-refractivity contribution < 1.29 is 0 Å². The van der Waals surface area contributed by atoms with Crippen molar-refractivity contribution >= 4 is 34.2 Å². The van der Waals surface area contributed by atoms with Gasteiger partial charge >= 0.3 is 0 Å². The third-order valence-corrected chi connectivity index (χ3v) is 5.02. The van der Waals surface area contributed by atoms with Gasteiger partial charge in [0.05, 0.1) is 5.69 Å². The predicted molar refractivity (Wildman–Crippen MR) is 96.9 cm³/mol. The molecule has 0 aliphatic rings. The highest BCUT2D eigenvalue weighted by Crippen LogP contribution is 2.26. The van der Waals surface area contributed by atoms with E-state index in [1.807, 2.05) is 23.9 Å². The summed E-state index contributed by atoms with van der Waals surface area (Å²) in [6.45, 7) is 4.36. The molecule has 2 unspecified atom stereocenters. The Labute approximate surface area is 145 Å². The van der Waals surface area contributed by atoms with Gasteiger partial charge in [0.1, 0.15) is 0 Å². The molecule has 2 rings (SSSR count). The zero-order valence-electron chi connectivity index (χ0n) is 12.6. The van der Waals surface area contributed by atoms with E-state index < -0.39 is 0 Å². The van der Waals surface area contributed by atoms with Gasteiger partial charge in [0.25, 0.3) is 0 Å². The Kier molecular flexibility index (Phi) is 6.08.